The number of likely N-dealkylation sites (tertiary alicyclic amines) is 1. The van der Waals surface area contributed by atoms with E-state index in [-0.39, 0.29) is 22.4 Å². The number of nitrogens with zero attached hydrogens (tertiary/aromatic N) is 1. The van der Waals surface area contributed by atoms with Crippen molar-refractivity contribution in [3.8, 4) is 0 Å². The molecule has 4 rings (SSSR count). The van der Waals surface area contributed by atoms with Crippen LogP contribution in [0.15, 0.2) is 83.8 Å². The molecule has 0 bridgehead atoms. The summed E-state index contributed by atoms with van der Waals surface area (Å²) in [6, 6.07) is 21.0. The zero-order valence-electron chi connectivity index (χ0n) is 17.3. The highest BCUT2D eigenvalue weighted by molar-refractivity contribution is 7.92. The van der Waals surface area contributed by atoms with Crippen molar-refractivity contribution in [2.24, 2.45) is 0 Å². The Balaban J connectivity index is 1.43. The minimum Gasteiger partial charge on any atom is -0.339 e. The highest BCUT2D eigenvalue weighted by Gasteiger charge is 2.19. The predicted molar refractivity (Wildman–Crippen MR) is 123 cm³/mol. The van der Waals surface area contributed by atoms with E-state index in [1.807, 2.05) is 4.90 Å². The van der Waals surface area contributed by atoms with Gasteiger partial charge in [0.1, 0.15) is 0 Å². The summed E-state index contributed by atoms with van der Waals surface area (Å²) in [5, 5.41) is 2.77. The Hall–Kier alpha value is -3.65. The second-order valence-electron chi connectivity index (χ2n) is 7.53. The van der Waals surface area contributed by atoms with Crippen LogP contribution in [0.2, 0.25) is 0 Å². The van der Waals surface area contributed by atoms with E-state index in [0.29, 0.717) is 16.8 Å². The second-order valence-corrected chi connectivity index (χ2v) is 9.21. The molecule has 32 heavy (non-hydrogen) atoms. The van der Waals surface area contributed by atoms with E-state index in [2.05, 4.69) is 10.0 Å². The van der Waals surface area contributed by atoms with Gasteiger partial charge in [-0.3, -0.25) is 14.3 Å². The van der Waals surface area contributed by atoms with Crippen LogP contribution in [0.1, 0.15) is 33.6 Å². The maximum atomic E-state index is 12.7. The molecule has 0 spiro atoms. The molecule has 1 aliphatic heterocycles. The molecule has 0 aliphatic carbocycles. The smallest absolute Gasteiger partial charge is 0.261 e. The fourth-order valence-electron chi connectivity index (χ4n) is 3.54. The molecule has 164 valence electrons. The van der Waals surface area contributed by atoms with E-state index >= 15 is 0 Å². The van der Waals surface area contributed by atoms with Gasteiger partial charge in [-0.1, -0.05) is 24.3 Å². The van der Waals surface area contributed by atoms with Crippen molar-refractivity contribution in [3.63, 3.8) is 0 Å². The van der Waals surface area contributed by atoms with Crippen LogP contribution in [-0.2, 0) is 10.0 Å². The van der Waals surface area contributed by atoms with Gasteiger partial charge in [0.2, 0.25) is 0 Å². The van der Waals surface area contributed by atoms with Gasteiger partial charge in [-0.25, -0.2) is 8.42 Å². The molecule has 8 heteroatoms. The molecular formula is C24H23N3O4S. The number of amides is 2. The Kier molecular flexibility index (Phi) is 6.23. The molecule has 0 saturated carbocycles. The summed E-state index contributed by atoms with van der Waals surface area (Å²) in [6.45, 7) is 1.56. The highest BCUT2D eigenvalue weighted by Crippen LogP contribution is 2.19. The van der Waals surface area contributed by atoms with E-state index in [1.165, 1.54) is 18.2 Å². The van der Waals surface area contributed by atoms with Gasteiger partial charge in [0, 0.05) is 35.6 Å². The zero-order valence-corrected chi connectivity index (χ0v) is 18.1. The molecule has 1 fully saturated rings. The summed E-state index contributed by atoms with van der Waals surface area (Å²) in [7, 11) is -3.75. The van der Waals surface area contributed by atoms with Crippen molar-refractivity contribution in [3.05, 3.63) is 90.0 Å². The Labute approximate surface area is 187 Å². The molecule has 3 aromatic carbocycles. The molecule has 3 aromatic rings. The number of anilines is 2. The first-order chi connectivity index (χ1) is 15.4. The number of nitrogens with one attached hydrogen (secondary N) is 2. The number of hydrogen-bond donors (Lipinski definition) is 2. The number of hydrogen-bond acceptors (Lipinski definition) is 4. The van der Waals surface area contributed by atoms with Crippen LogP contribution in [0, 0.1) is 0 Å². The summed E-state index contributed by atoms with van der Waals surface area (Å²) in [6.07, 6.45) is 2.06. The van der Waals surface area contributed by atoms with E-state index in [1.54, 1.807) is 60.7 Å². The monoisotopic (exact) mass is 449 g/mol. The molecule has 1 heterocycles. The standard InChI is InChI=1S/C24H23N3O4S/c28-23(25-20-13-11-18(12-14-20)24(29)27-15-4-5-16-27)19-7-6-8-21(17-19)26-32(30,31)22-9-2-1-3-10-22/h1-3,6-14,17,26H,4-5,15-16H2,(H,25,28). The minimum absolute atomic E-state index is 0.00113. The van der Waals surface area contributed by atoms with Gasteiger partial charge in [0.25, 0.3) is 21.8 Å². The molecule has 7 nitrogen and oxygen atoms in total. The molecule has 0 aromatic heterocycles. The highest BCUT2D eigenvalue weighted by atomic mass is 32.2. The lowest BCUT2D eigenvalue weighted by Gasteiger charge is -2.15. The topological polar surface area (TPSA) is 95.6 Å². The fourth-order valence-corrected chi connectivity index (χ4v) is 4.61. The Bertz CT molecular complexity index is 1220. The number of sulfonamides is 1. The second kappa shape index (κ2) is 9.23. The summed E-state index contributed by atoms with van der Waals surface area (Å²) in [5.74, 6) is -0.386. The molecule has 0 atom stereocenters. The van der Waals surface area contributed by atoms with E-state index in [9.17, 15) is 18.0 Å². The molecule has 1 aliphatic rings. The first-order valence-electron chi connectivity index (χ1n) is 10.3. The average Bonchev–Trinajstić information content (AvgIpc) is 3.35. The molecular weight excluding hydrogens is 426 g/mol. The number of benzene rings is 3. The average molecular weight is 450 g/mol. The van der Waals surface area contributed by atoms with Gasteiger partial charge >= 0.3 is 0 Å². The quantitative estimate of drug-likeness (QED) is 0.595. The van der Waals surface area contributed by atoms with Crippen LogP contribution in [0.3, 0.4) is 0 Å². The zero-order chi connectivity index (χ0) is 22.6. The molecule has 2 amide bonds. The minimum atomic E-state index is -3.75. The SMILES string of the molecule is O=C(Nc1ccc(C(=O)N2CCCC2)cc1)c1cccc(NS(=O)(=O)c2ccccc2)c1. The largest absolute Gasteiger partial charge is 0.339 e. The van der Waals surface area contributed by atoms with Crippen molar-refractivity contribution in [1.82, 2.24) is 4.90 Å². The van der Waals surface area contributed by atoms with Crippen LogP contribution in [0.4, 0.5) is 11.4 Å². The fraction of sp³-hybridized carbons (Fsp3) is 0.167. The Morgan fingerprint density at radius 2 is 1.44 bits per heavy atom. The summed E-state index contributed by atoms with van der Waals surface area (Å²) in [5.41, 5.74) is 1.72. The van der Waals surface area contributed by atoms with Crippen molar-refractivity contribution >= 4 is 33.2 Å². The lowest BCUT2D eigenvalue weighted by Crippen LogP contribution is -2.27. The van der Waals surface area contributed by atoms with Gasteiger partial charge in [-0.15, -0.1) is 0 Å². The van der Waals surface area contributed by atoms with E-state index in [0.717, 1.165) is 25.9 Å². The van der Waals surface area contributed by atoms with Crippen molar-refractivity contribution in [1.29, 1.82) is 0 Å². The molecule has 0 unspecified atom stereocenters. The maximum absolute atomic E-state index is 12.7. The van der Waals surface area contributed by atoms with E-state index < -0.39 is 10.0 Å². The van der Waals surface area contributed by atoms with Crippen molar-refractivity contribution in [2.45, 2.75) is 17.7 Å². The van der Waals surface area contributed by atoms with Crippen LogP contribution in [0.25, 0.3) is 0 Å². The maximum Gasteiger partial charge on any atom is 0.261 e. The summed E-state index contributed by atoms with van der Waals surface area (Å²) < 4.78 is 27.5. The Morgan fingerprint density at radius 3 is 2.12 bits per heavy atom. The third kappa shape index (κ3) is 4.97. The first kappa shape index (κ1) is 21.6. The molecule has 0 radical (unpaired) electrons. The van der Waals surface area contributed by atoms with E-state index in [4.69, 9.17) is 0 Å². The molecule has 2 N–H and O–H groups in total. The summed E-state index contributed by atoms with van der Waals surface area (Å²) in [4.78, 5) is 27.1. The van der Waals surface area contributed by atoms with Crippen molar-refractivity contribution < 1.29 is 18.0 Å². The first-order valence-corrected chi connectivity index (χ1v) is 11.8. The lowest BCUT2D eigenvalue weighted by molar-refractivity contribution is 0.0792. The van der Waals surface area contributed by atoms with Gasteiger partial charge in [0.15, 0.2) is 0 Å². The number of carbonyl (C=O) groups is 2. The van der Waals surface area contributed by atoms with Gasteiger partial charge in [-0.2, -0.15) is 0 Å². The van der Waals surface area contributed by atoms with Gasteiger partial charge < -0.3 is 10.2 Å². The van der Waals surface area contributed by atoms with Crippen molar-refractivity contribution in [2.75, 3.05) is 23.1 Å². The van der Waals surface area contributed by atoms with Gasteiger partial charge in [-0.05, 0) is 67.4 Å². The summed E-state index contributed by atoms with van der Waals surface area (Å²) >= 11 is 0. The third-order valence-electron chi connectivity index (χ3n) is 5.21. The van der Waals surface area contributed by atoms with Crippen LogP contribution in [-0.4, -0.2) is 38.2 Å². The normalized spacial score (nSPS) is 13.6. The number of carbonyl (C=O) groups excluding carboxylic acids is 2. The third-order valence-corrected chi connectivity index (χ3v) is 6.61. The Morgan fingerprint density at radius 1 is 0.750 bits per heavy atom. The molecule has 1 saturated heterocycles. The number of rotatable bonds is 6. The van der Waals surface area contributed by atoms with Gasteiger partial charge in [0.05, 0.1) is 4.90 Å². The predicted octanol–water partition coefficient (Wildman–Crippen LogP) is 3.98. The van der Waals surface area contributed by atoms with Crippen LogP contribution >= 0.6 is 0 Å². The van der Waals surface area contributed by atoms with Crippen LogP contribution in [0.5, 0.6) is 0 Å². The lowest BCUT2D eigenvalue weighted by atomic mass is 10.1. The van der Waals surface area contributed by atoms with Crippen LogP contribution < -0.4 is 10.0 Å².